The second-order valence-electron chi connectivity index (χ2n) is 5.16. The quantitative estimate of drug-likeness (QED) is 0.871. The molecule has 21 heavy (non-hydrogen) atoms. The minimum Gasteiger partial charge on any atom is -0.375 e. The molecular formula is C15H19ClN2O3. The van der Waals surface area contributed by atoms with Crippen molar-refractivity contribution in [3.8, 4) is 0 Å². The standard InChI is InChI=1S/C15H19ClN2O3/c1-9(17-15(20)12-7-8-13(19)18-12)14(21-2)10-3-5-11(16)6-4-10/h3-6,9,12,14H,7-8H2,1-2H3,(H,17,20)(H,18,19)/t9-,12+,14-/m0/s1. The van der Waals surface area contributed by atoms with Crippen LogP contribution in [0, 0.1) is 0 Å². The number of amides is 2. The molecular weight excluding hydrogens is 292 g/mol. The topological polar surface area (TPSA) is 67.4 Å². The van der Waals surface area contributed by atoms with Crippen molar-refractivity contribution in [2.24, 2.45) is 0 Å². The molecule has 1 aliphatic rings. The van der Waals surface area contributed by atoms with Gasteiger partial charge in [-0.25, -0.2) is 0 Å². The third-order valence-corrected chi connectivity index (χ3v) is 3.84. The van der Waals surface area contributed by atoms with Gasteiger partial charge in [-0.05, 0) is 31.0 Å². The highest BCUT2D eigenvalue weighted by atomic mass is 35.5. The van der Waals surface area contributed by atoms with Crippen LogP contribution in [0.2, 0.25) is 5.02 Å². The van der Waals surface area contributed by atoms with E-state index >= 15 is 0 Å². The summed E-state index contributed by atoms with van der Waals surface area (Å²) < 4.78 is 5.48. The first-order valence-electron chi connectivity index (χ1n) is 6.89. The highest BCUT2D eigenvalue weighted by Gasteiger charge is 2.29. The molecule has 0 radical (unpaired) electrons. The van der Waals surface area contributed by atoms with Gasteiger partial charge < -0.3 is 15.4 Å². The van der Waals surface area contributed by atoms with Gasteiger partial charge in [0.05, 0.1) is 6.04 Å². The monoisotopic (exact) mass is 310 g/mol. The Labute approximate surface area is 129 Å². The molecule has 0 spiro atoms. The third-order valence-electron chi connectivity index (χ3n) is 3.59. The first-order chi connectivity index (χ1) is 10.0. The lowest BCUT2D eigenvalue weighted by Gasteiger charge is -2.25. The zero-order valence-electron chi connectivity index (χ0n) is 12.1. The number of halogens is 1. The minimum absolute atomic E-state index is 0.0798. The van der Waals surface area contributed by atoms with Gasteiger partial charge in [0.15, 0.2) is 0 Å². The van der Waals surface area contributed by atoms with Crippen molar-refractivity contribution in [1.82, 2.24) is 10.6 Å². The van der Waals surface area contributed by atoms with E-state index in [0.29, 0.717) is 17.9 Å². The van der Waals surface area contributed by atoms with Crippen LogP contribution >= 0.6 is 11.6 Å². The van der Waals surface area contributed by atoms with Gasteiger partial charge in [0.25, 0.3) is 0 Å². The van der Waals surface area contributed by atoms with Crippen LogP contribution in [-0.4, -0.2) is 31.0 Å². The summed E-state index contributed by atoms with van der Waals surface area (Å²) in [6.07, 6.45) is 0.663. The molecule has 1 heterocycles. The Balaban J connectivity index is 1.99. The molecule has 0 unspecified atom stereocenters. The highest BCUT2D eigenvalue weighted by Crippen LogP contribution is 2.22. The molecule has 2 N–H and O–H groups in total. The molecule has 0 saturated carbocycles. The molecule has 0 bridgehead atoms. The number of hydrogen-bond acceptors (Lipinski definition) is 3. The minimum atomic E-state index is -0.442. The fourth-order valence-electron chi connectivity index (χ4n) is 2.49. The van der Waals surface area contributed by atoms with Gasteiger partial charge in [-0.3, -0.25) is 9.59 Å². The summed E-state index contributed by atoms with van der Waals surface area (Å²) >= 11 is 5.87. The van der Waals surface area contributed by atoms with E-state index in [-0.39, 0.29) is 24.0 Å². The van der Waals surface area contributed by atoms with Crippen LogP contribution in [0.15, 0.2) is 24.3 Å². The lowest BCUT2D eigenvalue weighted by atomic mass is 10.0. The van der Waals surface area contributed by atoms with E-state index in [4.69, 9.17) is 16.3 Å². The lowest BCUT2D eigenvalue weighted by molar-refractivity contribution is -0.126. The van der Waals surface area contributed by atoms with Crippen molar-refractivity contribution >= 4 is 23.4 Å². The van der Waals surface area contributed by atoms with Gasteiger partial charge >= 0.3 is 0 Å². The van der Waals surface area contributed by atoms with Crippen molar-refractivity contribution in [2.45, 2.75) is 38.0 Å². The van der Waals surface area contributed by atoms with Crippen LogP contribution in [0.1, 0.15) is 31.4 Å². The lowest BCUT2D eigenvalue weighted by Crippen LogP contribution is -2.47. The van der Waals surface area contributed by atoms with Gasteiger partial charge in [-0.2, -0.15) is 0 Å². The van der Waals surface area contributed by atoms with Crippen LogP contribution in [0.5, 0.6) is 0 Å². The predicted molar refractivity (Wildman–Crippen MR) is 80.0 cm³/mol. The SMILES string of the molecule is CO[C@H](c1ccc(Cl)cc1)[C@H](C)NC(=O)[C@H]1CCC(=O)N1. The molecule has 0 aliphatic carbocycles. The van der Waals surface area contributed by atoms with Crippen LogP contribution in [0.3, 0.4) is 0 Å². The number of methoxy groups -OCH3 is 1. The highest BCUT2D eigenvalue weighted by molar-refractivity contribution is 6.30. The number of carbonyl (C=O) groups is 2. The molecule has 0 aromatic heterocycles. The first kappa shape index (κ1) is 15.8. The molecule has 114 valence electrons. The zero-order valence-corrected chi connectivity index (χ0v) is 12.8. The van der Waals surface area contributed by atoms with E-state index in [2.05, 4.69) is 10.6 Å². The van der Waals surface area contributed by atoms with Crippen molar-refractivity contribution in [2.75, 3.05) is 7.11 Å². The van der Waals surface area contributed by atoms with E-state index in [1.807, 2.05) is 19.1 Å². The van der Waals surface area contributed by atoms with Crippen molar-refractivity contribution in [3.05, 3.63) is 34.9 Å². The van der Waals surface area contributed by atoms with Gasteiger partial charge in [-0.1, -0.05) is 23.7 Å². The number of hydrogen-bond donors (Lipinski definition) is 2. The average molecular weight is 311 g/mol. The average Bonchev–Trinajstić information content (AvgIpc) is 2.88. The Bertz CT molecular complexity index is 518. The number of nitrogens with one attached hydrogen (secondary N) is 2. The van der Waals surface area contributed by atoms with Gasteiger partial charge in [0, 0.05) is 18.6 Å². The number of rotatable bonds is 5. The van der Waals surface area contributed by atoms with E-state index in [9.17, 15) is 9.59 Å². The van der Waals surface area contributed by atoms with Gasteiger partial charge in [0.1, 0.15) is 12.1 Å². The molecule has 6 heteroatoms. The summed E-state index contributed by atoms with van der Waals surface area (Å²) in [6.45, 7) is 1.87. The summed E-state index contributed by atoms with van der Waals surface area (Å²) in [5.41, 5.74) is 0.935. The van der Waals surface area contributed by atoms with Crippen LogP contribution < -0.4 is 10.6 Å². The Hall–Kier alpha value is -1.59. The summed E-state index contributed by atoms with van der Waals surface area (Å²) in [5.74, 6) is -0.256. The molecule has 1 fully saturated rings. The van der Waals surface area contributed by atoms with E-state index in [0.717, 1.165) is 5.56 Å². The maximum absolute atomic E-state index is 12.1. The Morgan fingerprint density at radius 2 is 2.10 bits per heavy atom. The molecule has 2 rings (SSSR count). The molecule has 2 amide bonds. The van der Waals surface area contributed by atoms with Crippen LogP contribution in [-0.2, 0) is 14.3 Å². The third kappa shape index (κ3) is 3.95. The molecule has 1 aliphatic heterocycles. The Kier molecular flexibility index (Phi) is 5.20. The van der Waals surface area contributed by atoms with Crippen molar-refractivity contribution < 1.29 is 14.3 Å². The largest absolute Gasteiger partial charge is 0.375 e. The summed E-state index contributed by atoms with van der Waals surface area (Å²) in [7, 11) is 1.60. The second-order valence-corrected chi connectivity index (χ2v) is 5.60. The number of carbonyl (C=O) groups excluding carboxylic acids is 2. The van der Waals surface area contributed by atoms with E-state index < -0.39 is 6.04 Å². The van der Waals surface area contributed by atoms with Crippen LogP contribution in [0.25, 0.3) is 0 Å². The maximum atomic E-state index is 12.1. The van der Waals surface area contributed by atoms with Crippen molar-refractivity contribution in [1.29, 1.82) is 0 Å². The van der Waals surface area contributed by atoms with E-state index in [1.165, 1.54) is 0 Å². The molecule has 1 aromatic carbocycles. The smallest absolute Gasteiger partial charge is 0.242 e. The summed E-state index contributed by atoms with van der Waals surface area (Å²) in [4.78, 5) is 23.3. The maximum Gasteiger partial charge on any atom is 0.242 e. The van der Waals surface area contributed by atoms with E-state index in [1.54, 1.807) is 19.2 Å². The second kappa shape index (κ2) is 6.91. The predicted octanol–water partition coefficient (Wildman–Crippen LogP) is 1.81. The summed E-state index contributed by atoms with van der Waals surface area (Å²) in [5, 5.41) is 6.20. The Morgan fingerprint density at radius 1 is 1.43 bits per heavy atom. The van der Waals surface area contributed by atoms with Crippen molar-refractivity contribution in [3.63, 3.8) is 0 Å². The zero-order chi connectivity index (χ0) is 15.4. The number of benzene rings is 1. The molecule has 1 saturated heterocycles. The molecule has 1 aromatic rings. The summed E-state index contributed by atoms with van der Waals surface area (Å²) in [6, 6.07) is 6.65. The first-order valence-corrected chi connectivity index (χ1v) is 7.27. The van der Waals surface area contributed by atoms with Crippen LogP contribution in [0.4, 0.5) is 0 Å². The van der Waals surface area contributed by atoms with Gasteiger partial charge in [0.2, 0.25) is 11.8 Å². The fraction of sp³-hybridized carbons (Fsp3) is 0.467. The fourth-order valence-corrected chi connectivity index (χ4v) is 2.62. The number of ether oxygens (including phenoxy) is 1. The Morgan fingerprint density at radius 3 is 2.62 bits per heavy atom. The van der Waals surface area contributed by atoms with Gasteiger partial charge in [-0.15, -0.1) is 0 Å². The normalized spacial score (nSPS) is 20.7. The molecule has 5 nitrogen and oxygen atoms in total. The molecule has 3 atom stereocenters.